The molecule has 27 heavy (non-hydrogen) atoms. The molecule has 2 N–H and O–H groups in total. The van der Waals surface area contributed by atoms with Crippen molar-refractivity contribution in [1.29, 1.82) is 0 Å². The van der Waals surface area contributed by atoms with Crippen molar-refractivity contribution in [1.82, 2.24) is 10.3 Å². The second-order valence-electron chi connectivity index (χ2n) is 6.75. The van der Waals surface area contributed by atoms with Crippen molar-refractivity contribution in [2.45, 2.75) is 25.8 Å². The van der Waals surface area contributed by atoms with E-state index in [0.717, 1.165) is 5.56 Å². The van der Waals surface area contributed by atoms with Gasteiger partial charge in [0.15, 0.2) is 0 Å². The van der Waals surface area contributed by atoms with Crippen molar-refractivity contribution in [3.05, 3.63) is 77.2 Å². The number of carbonyl (C=O) groups is 2. The number of halogens is 1. The fraction of sp³-hybridized carbons (Fsp3) is 0.190. The van der Waals surface area contributed by atoms with Crippen LogP contribution in [0.5, 0.6) is 0 Å². The summed E-state index contributed by atoms with van der Waals surface area (Å²) >= 11 is 0. The number of fused-ring (bicyclic) bond motifs is 1. The summed E-state index contributed by atoms with van der Waals surface area (Å²) in [6.45, 7) is 3.50. The van der Waals surface area contributed by atoms with Crippen LogP contribution in [0, 0.1) is 12.7 Å². The summed E-state index contributed by atoms with van der Waals surface area (Å²) < 4.78 is 13.7. The lowest BCUT2D eigenvalue weighted by Gasteiger charge is -2.30. The standard InChI is InChI=1S/C21H19FN2O3/c1-13-6-7-16-17(8-9-23-18(16)10-13)20(27)24-21(2,12-19(25)26)14-4-3-5-15(22)11-14/h3-11H,12H2,1-2H3,(H,24,27)(H,25,26). The zero-order valence-corrected chi connectivity index (χ0v) is 15.0. The molecule has 3 aromatic rings. The number of nitrogens with one attached hydrogen (secondary N) is 1. The Morgan fingerprint density at radius 2 is 1.96 bits per heavy atom. The van der Waals surface area contributed by atoms with Gasteiger partial charge >= 0.3 is 5.97 Å². The SMILES string of the molecule is Cc1ccc2c(C(=O)NC(C)(CC(=O)O)c3cccc(F)c3)ccnc2c1. The number of benzene rings is 2. The average Bonchev–Trinajstić information content (AvgIpc) is 2.60. The Morgan fingerprint density at radius 1 is 1.19 bits per heavy atom. The number of hydrogen-bond donors (Lipinski definition) is 2. The van der Waals surface area contributed by atoms with E-state index in [-0.39, 0.29) is 6.42 Å². The summed E-state index contributed by atoms with van der Waals surface area (Å²) in [6, 6.07) is 12.7. The molecule has 0 aliphatic carbocycles. The highest BCUT2D eigenvalue weighted by molar-refractivity contribution is 6.06. The number of carboxylic acid groups (broad SMARTS) is 1. The molecule has 3 rings (SSSR count). The van der Waals surface area contributed by atoms with E-state index in [2.05, 4.69) is 10.3 Å². The number of rotatable bonds is 5. The van der Waals surface area contributed by atoms with Gasteiger partial charge in [-0.3, -0.25) is 14.6 Å². The molecule has 138 valence electrons. The van der Waals surface area contributed by atoms with E-state index in [4.69, 9.17) is 0 Å². The van der Waals surface area contributed by atoms with Gasteiger partial charge in [-0.15, -0.1) is 0 Å². The smallest absolute Gasteiger partial charge is 0.306 e. The predicted octanol–water partition coefficient (Wildman–Crippen LogP) is 3.80. The van der Waals surface area contributed by atoms with Gasteiger partial charge in [-0.25, -0.2) is 4.39 Å². The van der Waals surface area contributed by atoms with Gasteiger partial charge in [0.1, 0.15) is 5.82 Å². The summed E-state index contributed by atoms with van der Waals surface area (Å²) in [6.07, 6.45) is 1.15. The monoisotopic (exact) mass is 366 g/mol. The molecule has 0 fully saturated rings. The summed E-state index contributed by atoms with van der Waals surface area (Å²) in [5.74, 6) is -2.04. The number of aryl methyl sites for hydroxylation is 1. The van der Waals surface area contributed by atoms with E-state index >= 15 is 0 Å². The van der Waals surface area contributed by atoms with E-state index in [1.165, 1.54) is 24.4 Å². The van der Waals surface area contributed by atoms with Gasteiger partial charge in [0.2, 0.25) is 0 Å². The third kappa shape index (κ3) is 3.95. The lowest BCUT2D eigenvalue weighted by atomic mass is 9.88. The van der Waals surface area contributed by atoms with Crippen LogP contribution < -0.4 is 5.32 Å². The molecule has 1 amide bonds. The molecule has 0 spiro atoms. The van der Waals surface area contributed by atoms with E-state index < -0.39 is 23.2 Å². The second kappa shape index (κ2) is 7.15. The number of aliphatic carboxylic acids is 1. The zero-order valence-electron chi connectivity index (χ0n) is 15.0. The first kappa shape index (κ1) is 18.5. The van der Waals surface area contributed by atoms with Gasteiger partial charge in [-0.1, -0.05) is 24.3 Å². The molecule has 0 saturated carbocycles. The second-order valence-corrected chi connectivity index (χ2v) is 6.75. The van der Waals surface area contributed by atoms with Gasteiger partial charge in [0.25, 0.3) is 5.91 Å². The third-order valence-corrected chi connectivity index (χ3v) is 4.50. The highest BCUT2D eigenvalue weighted by Gasteiger charge is 2.32. The minimum atomic E-state index is -1.27. The van der Waals surface area contributed by atoms with Gasteiger partial charge in [0, 0.05) is 11.6 Å². The number of hydrogen-bond acceptors (Lipinski definition) is 3. The van der Waals surface area contributed by atoms with Crippen LogP contribution in [0.4, 0.5) is 4.39 Å². The zero-order chi connectivity index (χ0) is 19.6. The first-order valence-corrected chi connectivity index (χ1v) is 8.44. The summed E-state index contributed by atoms with van der Waals surface area (Å²) in [5.41, 5.74) is 1.18. The van der Waals surface area contributed by atoms with Crippen molar-refractivity contribution in [2.24, 2.45) is 0 Å². The first-order valence-electron chi connectivity index (χ1n) is 8.44. The Kier molecular flexibility index (Phi) is 4.90. The number of carbonyl (C=O) groups excluding carboxylic acids is 1. The van der Waals surface area contributed by atoms with Crippen molar-refractivity contribution in [3.63, 3.8) is 0 Å². The largest absolute Gasteiger partial charge is 0.481 e. The lowest BCUT2D eigenvalue weighted by molar-refractivity contribution is -0.138. The molecule has 2 aromatic carbocycles. The predicted molar refractivity (Wildman–Crippen MR) is 100.0 cm³/mol. The Bertz CT molecular complexity index is 1030. The quantitative estimate of drug-likeness (QED) is 0.720. The van der Waals surface area contributed by atoms with Crippen LogP contribution in [0.3, 0.4) is 0 Å². The summed E-state index contributed by atoms with van der Waals surface area (Å²) in [5, 5.41) is 12.8. The molecule has 1 aromatic heterocycles. The lowest BCUT2D eigenvalue weighted by Crippen LogP contribution is -2.45. The molecular weight excluding hydrogens is 347 g/mol. The molecule has 0 bridgehead atoms. The minimum absolute atomic E-state index is 0.382. The average molecular weight is 366 g/mol. The number of amides is 1. The van der Waals surface area contributed by atoms with Gasteiger partial charge in [-0.05, 0) is 49.2 Å². The molecule has 6 heteroatoms. The highest BCUT2D eigenvalue weighted by Crippen LogP contribution is 2.27. The summed E-state index contributed by atoms with van der Waals surface area (Å²) in [7, 11) is 0. The topological polar surface area (TPSA) is 79.3 Å². The van der Waals surface area contributed by atoms with Gasteiger partial charge in [-0.2, -0.15) is 0 Å². The maximum Gasteiger partial charge on any atom is 0.306 e. The van der Waals surface area contributed by atoms with E-state index in [1.807, 2.05) is 25.1 Å². The van der Waals surface area contributed by atoms with Crippen LogP contribution in [0.15, 0.2) is 54.7 Å². The van der Waals surface area contributed by atoms with Crippen molar-refractivity contribution in [2.75, 3.05) is 0 Å². The fourth-order valence-corrected chi connectivity index (χ4v) is 3.13. The van der Waals surface area contributed by atoms with Crippen LogP contribution in [0.25, 0.3) is 10.9 Å². The number of carboxylic acids is 1. The van der Waals surface area contributed by atoms with E-state index in [9.17, 15) is 19.1 Å². The van der Waals surface area contributed by atoms with Crippen LogP contribution in [-0.4, -0.2) is 22.0 Å². The molecule has 1 heterocycles. The van der Waals surface area contributed by atoms with E-state index in [0.29, 0.717) is 22.0 Å². The van der Waals surface area contributed by atoms with Crippen molar-refractivity contribution >= 4 is 22.8 Å². The first-order chi connectivity index (χ1) is 12.8. The maximum absolute atomic E-state index is 13.7. The Balaban J connectivity index is 2.02. The molecule has 0 aliphatic rings. The van der Waals surface area contributed by atoms with E-state index in [1.54, 1.807) is 19.1 Å². The molecule has 0 aliphatic heterocycles. The normalized spacial score (nSPS) is 13.1. The molecule has 1 unspecified atom stereocenters. The number of aromatic nitrogens is 1. The van der Waals surface area contributed by atoms with Crippen molar-refractivity contribution < 1.29 is 19.1 Å². The third-order valence-electron chi connectivity index (χ3n) is 4.50. The van der Waals surface area contributed by atoms with Crippen LogP contribution in [0.1, 0.15) is 34.8 Å². The molecular formula is C21H19FN2O3. The van der Waals surface area contributed by atoms with Crippen LogP contribution >= 0.6 is 0 Å². The molecule has 0 saturated heterocycles. The number of nitrogens with zero attached hydrogens (tertiary/aromatic N) is 1. The van der Waals surface area contributed by atoms with Crippen LogP contribution in [0.2, 0.25) is 0 Å². The molecule has 0 radical (unpaired) electrons. The fourth-order valence-electron chi connectivity index (χ4n) is 3.13. The summed E-state index contributed by atoms with van der Waals surface area (Å²) in [4.78, 5) is 28.6. The van der Waals surface area contributed by atoms with Gasteiger partial charge < -0.3 is 10.4 Å². The highest BCUT2D eigenvalue weighted by atomic mass is 19.1. The van der Waals surface area contributed by atoms with Crippen LogP contribution in [-0.2, 0) is 10.3 Å². The van der Waals surface area contributed by atoms with Crippen molar-refractivity contribution in [3.8, 4) is 0 Å². The minimum Gasteiger partial charge on any atom is -0.481 e. The maximum atomic E-state index is 13.7. The molecule has 5 nitrogen and oxygen atoms in total. The Hall–Kier alpha value is -3.28. The number of pyridine rings is 1. The Morgan fingerprint density at radius 3 is 2.67 bits per heavy atom. The van der Waals surface area contributed by atoms with Gasteiger partial charge in [0.05, 0.1) is 23.0 Å². The Labute approximate surface area is 155 Å². The molecule has 1 atom stereocenters.